The van der Waals surface area contributed by atoms with Crippen molar-refractivity contribution in [3.05, 3.63) is 11.8 Å². The normalized spacial score (nSPS) is 11.7. The predicted molar refractivity (Wildman–Crippen MR) is 62.8 cm³/mol. The molecule has 1 aromatic heterocycles. The summed E-state index contributed by atoms with van der Waals surface area (Å²) in [5, 5.41) is 2.92. The van der Waals surface area contributed by atoms with Gasteiger partial charge in [0.05, 0.1) is 0 Å². The molecular weight excluding hydrogens is 247 g/mol. The first-order valence-corrected chi connectivity index (χ1v) is 5.60. The molecule has 0 radical (unpaired) electrons. The molecule has 0 aliphatic heterocycles. The molecule has 102 valence electrons. The van der Waals surface area contributed by atoms with Gasteiger partial charge in [0.2, 0.25) is 5.95 Å². The van der Waals surface area contributed by atoms with Crippen molar-refractivity contribution >= 4 is 11.8 Å². The van der Waals surface area contributed by atoms with Gasteiger partial charge in [-0.25, -0.2) is 10.8 Å². The maximum Gasteiger partial charge on any atom is 0.433 e. The molecule has 0 aromatic carbocycles. The molecule has 0 spiro atoms. The fraction of sp³-hybridized carbons (Fsp3) is 0.600. The van der Waals surface area contributed by atoms with Gasteiger partial charge in [0.15, 0.2) is 5.69 Å². The summed E-state index contributed by atoms with van der Waals surface area (Å²) >= 11 is 0. The van der Waals surface area contributed by atoms with Crippen LogP contribution >= 0.6 is 0 Å². The molecule has 1 rings (SSSR count). The van der Waals surface area contributed by atoms with Crippen molar-refractivity contribution in [3.63, 3.8) is 0 Å². The highest BCUT2D eigenvalue weighted by atomic mass is 19.4. The Bertz CT molecular complexity index is 390. The maximum absolute atomic E-state index is 12.6. The number of nitrogen functional groups attached to an aromatic ring is 1. The van der Waals surface area contributed by atoms with Gasteiger partial charge < -0.3 is 5.32 Å². The lowest BCUT2D eigenvalue weighted by Crippen LogP contribution is -2.21. The van der Waals surface area contributed by atoms with E-state index >= 15 is 0 Å². The Labute approximate surface area is 103 Å². The molecular formula is C10H16F3N5. The van der Waals surface area contributed by atoms with E-state index in [-0.39, 0.29) is 17.8 Å². The molecule has 18 heavy (non-hydrogen) atoms. The molecule has 0 amide bonds. The van der Waals surface area contributed by atoms with Crippen LogP contribution in [-0.4, -0.2) is 16.0 Å². The summed E-state index contributed by atoms with van der Waals surface area (Å²) in [6.45, 7) is 3.88. The molecule has 0 aliphatic carbocycles. The van der Waals surface area contributed by atoms with Crippen molar-refractivity contribution in [1.82, 2.24) is 9.97 Å². The van der Waals surface area contributed by atoms with Crippen molar-refractivity contribution in [2.24, 2.45) is 5.84 Å². The molecule has 0 bridgehead atoms. The second kappa shape index (κ2) is 5.85. The second-order valence-corrected chi connectivity index (χ2v) is 3.76. The number of nitrogens with two attached hydrogens (primary N) is 1. The highest BCUT2D eigenvalue weighted by molar-refractivity contribution is 5.43. The van der Waals surface area contributed by atoms with Crippen LogP contribution < -0.4 is 16.6 Å². The number of hydrogen-bond acceptors (Lipinski definition) is 5. The van der Waals surface area contributed by atoms with Crippen LogP contribution in [0.2, 0.25) is 0 Å². The average molecular weight is 263 g/mol. The third-order valence-electron chi connectivity index (χ3n) is 2.48. The van der Waals surface area contributed by atoms with Crippen LogP contribution in [0.25, 0.3) is 0 Å². The minimum atomic E-state index is -4.53. The molecule has 4 N–H and O–H groups in total. The van der Waals surface area contributed by atoms with Gasteiger partial charge in [0, 0.05) is 12.1 Å². The van der Waals surface area contributed by atoms with Gasteiger partial charge in [0.1, 0.15) is 5.82 Å². The number of nitrogens with one attached hydrogen (secondary N) is 2. The van der Waals surface area contributed by atoms with Crippen molar-refractivity contribution in [2.75, 3.05) is 10.7 Å². The van der Waals surface area contributed by atoms with Gasteiger partial charge in [-0.3, -0.25) is 5.43 Å². The third-order valence-corrected chi connectivity index (χ3v) is 2.48. The standard InChI is InChI=1S/C10H16F3N5/c1-3-6(4-2)15-8-5-7(10(11,12)13)16-9(17-8)18-14/h5-6H,3-4,14H2,1-2H3,(H2,15,16,17,18). The van der Waals surface area contributed by atoms with E-state index in [0.717, 1.165) is 18.9 Å². The van der Waals surface area contributed by atoms with Gasteiger partial charge in [-0.2, -0.15) is 18.2 Å². The highest BCUT2D eigenvalue weighted by Crippen LogP contribution is 2.29. The van der Waals surface area contributed by atoms with Crippen LogP contribution in [0.1, 0.15) is 32.4 Å². The van der Waals surface area contributed by atoms with E-state index in [0.29, 0.717) is 0 Å². The minimum absolute atomic E-state index is 0.0617. The Morgan fingerprint density at radius 3 is 2.33 bits per heavy atom. The molecule has 0 aliphatic rings. The molecule has 0 saturated heterocycles. The largest absolute Gasteiger partial charge is 0.433 e. The first-order valence-electron chi connectivity index (χ1n) is 5.60. The van der Waals surface area contributed by atoms with Gasteiger partial charge in [0.25, 0.3) is 0 Å². The lowest BCUT2D eigenvalue weighted by molar-refractivity contribution is -0.141. The van der Waals surface area contributed by atoms with Crippen molar-refractivity contribution in [2.45, 2.75) is 38.9 Å². The van der Waals surface area contributed by atoms with E-state index in [2.05, 4.69) is 15.3 Å². The van der Waals surface area contributed by atoms with Crippen LogP contribution in [0.5, 0.6) is 0 Å². The van der Waals surface area contributed by atoms with Crippen molar-refractivity contribution < 1.29 is 13.2 Å². The van der Waals surface area contributed by atoms with Crippen LogP contribution in [0, 0.1) is 0 Å². The summed E-state index contributed by atoms with van der Waals surface area (Å²) in [4.78, 5) is 7.11. The SMILES string of the molecule is CCC(CC)Nc1cc(C(F)(F)F)nc(NN)n1. The Balaban J connectivity index is 3.04. The zero-order valence-electron chi connectivity index (χ0n) is 10.2. The summed E-state index contributed by atoms with van der Waals surface area (Å²) in [5.74, 6) is 4.90. The van der Waals surface area contributed by atoms with Crippen LogP contribution in [0.3, 0.4) is 0 Å². The smallest absolute Gasteiger partial charge is 0.367 e. The topological polar surface area (TPSA) is 75.9 Å². The predicted octanol–water partition coefficient (Wildman–Crippen LogP) is 2.38. The molecule has 0 fully saturated rings. The summed E-state index contributed by atoms with van der Waals surface area (Å²) < 4.78 is 37.8. The van der Waals surface area contributed by atoms with Gasteiger partial charge in [-0.05, 0) is 12.8 Å². The van der Waals surface area contributed by atoms with Crippen molar-refractivity contribution in [1.29, 1.82) is 0 Å². The number of anilines is 2. The van der Waals surface area contributed by atoms with Crippen LogP contribution in [-0.2, 0) is 6.18 Å². The monoisotopic (exact) mass is 263 g/mol. The average Bonchev–Trinajstić information content (AvgIpc) is 2.34. The zero-order valence-corrected chi connectivity index (χ0v) is 10.2. The molecule has 1 aromatic rings. The molecule has 0 unspecified atom stereocenters. The van der Waals surface area contributed by atoms with E-state index in [4.69, 9.17) is 5.84 Å². The van der Waals surface area contributed by atoms with E-state index < -0.39 is 11.9 Å². The zero-order chi connectivity index (χ0) is 13.8. The van der Waals surface area contributed by atoms with E-state index in [1.165, 1.54) is 0 Å². The Kier molecular flexibility index (Phi) is 4.71. The van der Waals surface area contributed by atoms with E-state index in [1.54, 1.807) is 0 Å². The molecule has 8 heteroatoms. The fourth-order valence-corrected chi connectivity index (χ4v) is 1.43. The second-order valence-electron chi connectivity index (χ2n) is 3.76. The Hall–Kier alpha value is -1.57. The highest BCUT2D eigenvalue weighted by Gasteiger charge is 2.33. The van der Waals surface area contributed by atoms with Crippen molar-refractivity contribution in [3.8, 4) is 0 Å². The molecule has 1 heterocycles. The first-order chi connectivity index (χ1) is 8.40. The van der Waals surface area contributed by atoms with E-state index in [1.807, 2.05) is 19.3 Å². The van der Waals surface area contributed by atoms with Crippen LogP contribution in [0.4, 0.5) is 24.9 Å². The van der Waals surface area contributed by atoms with Gasteiger partial charge >= 0.3 is 6.18 Å². The van der Waals surface area contributed by atoms with Gasteiger partial charge in [-0.15, -0.1) is 0 Å². The third kappa shape index (κ3) is 3.73. The number of rotatable bonds is 5. The fourth-order valence-electron chi connectivity index (χ4n) is 1.43. The Morgan fingerprint density at radius 1 is 1.28 bits per heavy atom. The summed E-state index contributed by atoms with van der Waals surface area (Å²) in [6.07, 6.45) is -2.96. The summed E-state index contributed by atoms with van der Waals surface area (Å²) in [6, 6.07) is 0.936. The minimum Gasteiger partial charge on any atom is -0.367 e. The number of hydrogen-bond donors (Lipinski definition) is 3. The summed E-state index contributed by atoms with van der Waals surface area (Å²) in [7, 11) is 0. The number of hydrazine groups is 1. The molecule has 0 saturated carbocycles. The lowest BCUT2D eigenvalue weighted by atomic mass is 10.2. The number of aromatic nitrogens is 2. The number of nitrogens with zero attached hydrogens (tertiary/aromatic N) is 2. The number of alkyl halides is 3. The quantitative estimate of drug-likeness (QED) is 0.561. The number of halogens is 3. The lowest BCUT2D eigenvalue weighted by Gasteiger charge is -2.17. The van der Waals surface area contributed by atoms with Crippen LogP contribution in [0.15, 0.2) is 6.07 Å². The molecule has 5 nitrogen and oxygen atoms in total. The van der Waals surface area contributed by atoms with Gasteiger partial charge in [-0.1, -0.05) is 13.8 Å². The summed E-state index contributed by atoms with van der Waals surface area (Å²) in [5.41, 5.74) is 0.998. The first kappa shape index (κ1) is 14.5. The molecule has 0 atom stereocenters. The maximum atomic E-state index is 12.6. The Morgan fingerprint density at radius 2 is 1.89 bits per heavy atom. The van der Waals surface area contributed by atoms with E-state index in [9.17, 15) is 13.2 Å².